The fourth-order valence-electron chi connectivity index (χ4n) is 2.50. The number of carbonyl (C=O) groups excluding carboxylic acids is 2. The number of hydrogen-bond acceptors (Lipinski definition) is 3. The Hall–Kier alpha value is -2.44. The predicted octanol–water partition coefficient (Wildman–Crippen LogP) is 3.58. The zero-order valence-corrected chi connectivity index (χ0v) is 16.1. The van der Waals surface area contributed by atoms with Crippen LogP contribution in [0.1, 0.15) is 25.0 Å². The van der Waals surface area contributed by atoms with Crippen LogP contribution in [0, 0.1) is 5.82 Å². The van der Waals surface area contributed by atoms with Gasteiger partial charge in [0.2, 0.25) is 0 Å². The van der Waals surface area contributed by atoms with Gasteiger partial charge in [-0.25, -0.2) is 4.39 Å². The number of anilines is 1. The zero-order valence-electron chi connectivity index (χ0n) is 15.4. The molecule has 0 aliphatic rings. The summed E-state index contributed by atoms with van der Waals surface area (Å²) in [5, 5.41) is 4.96. The molecule has 2 aromatic carbocycles. The fourth-order valence-corrected chi connectivity index (χ4v) is 2.66. The molecule has 0 aliphatic heterocycles. The molecule has 0 aromatic heterocycles. The Balaban J connectivity index is 1.86. The van der Waals surface area contributed by atoms with Crippen LogP contribution in [0.2, 0.25) is 5.02 Å². The highest BCUT2D eigenvalue weighted by atomic mass is 35.5. The molecule has 0 aliphatic carbocycles. The molecule has 2 amide bonds. The van der Waals surface area contributed by atoms with E-state index in [0.29, 0.717) is 0 Å². The number of nitrogens with zero attached hydrogens (tertiary/aromatic N) is 1. The summed E-state index contributed by atoms with van der Waals surface area (Å²) in [5.74, 6) is -2.47. The van der Waals surface area contributed by atoms with Crippen LogP contribution >= 0.6 is 11.6 Å². The Morgan fingerprint density at radius 1 is 1.00 bits per heavy atom. The van der Waals surface area contributed by atoms with Crippen LogP contribution in [-0.2, 0) is 22.7 Å². The molecule has 0 atom stereocenters. The van der Waals surface area contributed by atoms with E-state index >= 15 is 0 Å². The Morgan fingerprint density at radius 2 is 1.63 bits per heavy atom. The minimum atomic E-state index is -0.936. The number of rotatable bonds is 7. The minimum absolute atomic E-state index is 0.0969. The molecular weight excluding hydrogens is 369 g/mol. The first-order chi connectivity index (χ1) is 12.9. The van der Waals surface area contributed by atoms with Gasteiger partial charge in [0.25, 0.3) is 0 Å². The summed E-state index contributed by atoms with van der Waals surface area (Å²) < 4.78 is 13.7. The standard InChI is InChI=1S/C20H23ClFN3O2/c1-3-25(4-2)13-15-7-5-14(6-8-15)12-23-19(26)20(27)24-18-10-9-16(21)11-17(18)22/h5-11H,3-4,12-13H2,1-2H3,(H,23,26)(H,24,27). The van der Waals surface area contributed by atoms with Crippen molar-refractivity contribution in [1.82, 2.24) is 10.2 Å². The Kier molecular flexibility index (Phi) is 7.76. The molecule has 0 spiro atoms. The van der Waals surface area contributed by atoms with Gasteiger partial charge in [-0.2, -0.15) is 0 Å². The molecule has 2 aromatic rings. The van der Waals surface area contributed by atoms with Gasteiger partial charge in [0.05, 0.1) is 5.69 Å². The van der Waals surface area contributed by atoms with Gasteiger partial charge in [-0.15, -0.1) is 0 Å². The van der Waals surface area contributed by atoms with Crippen molar-refractivity contribution in [2.24, 2.45) is 0 Å². The van der Waals surface area contributed by atoms with Gasteiger partial charge in [-0.3, -0.25) is 14.5 Å². The number of benzene rings is 2. The van der Waals surface area contributed by atoms with E-state index in [2.05, 4.69) is 29.4 Å². The van der Waals surface area contributed by atoms with E-state index in [1.165, 1.54) is 17.7 Å². The van der Waals surface area contributed by atoms with Crippen molar-refractivity contribution in [1.29, 1.82) is 0 Å². The summed E-state index contributed by atoms with van der Waals surface area (Å²) in [5.41, 5.74) is 1.96. The third-order valence-electron chi connectivity index (χ3n) is 4.16. The summed E-state index contributed by atoms with van der Waals surface area (Å²) >= 11 is 5.65. The lowest BCUT2D eigenvalue weighted by Gasteiger charge is -2.18. The molecule has 0 heterocycles. The van der Waals surface area contributed by atoms with Crippen molar-refractivity contribution in [2.45, 2.75) is 26.9 Å². The van der Waals surface area contributed by atoms with Crippen molar-refractivity contribution < 1.29 is 14.0 Å². The molecule has 5 nitrogen and oxygen atoms in total. The van der Waals surface area contributed by atoms with Crippen molar-refractivity contribution >= 4 is 29.1 Å². The van der Waals surface area contributed by atoms with E-state index in [-0.39, 0.29) is 17.3 Å². The molecule has 7 heteroatoms. The summed E-state index contributed by atoms with van der Waals surface area (Å²) in [4.78, 5) is 26.1. The molecule has 0 saturated carbocycles. The van der Waals surface area contributed by atoms with E-state index in [9.17, 15) is 14.0 Å². The van der Waals surface area contributed by atoms with Crippen LogP contribution in [-0.4, -0.2) is 29.8 Å². The summed E-state index contributed by atoms with van der Waals surface area (Å²) in [7, 11) is 0. The number of halogens is 2. The third-order valence-corrected chi connectivity index (χ3v) is 4.40. The van der Waals surface area contributed by atoms with Crippen LogP contribution in [0.15, 0.2) is 42.5 Å². The van der Waals surface area contributed by atoms with Crippen molar-refractivity contribution in [2.75, 3.05) is 18.4 Å². The third kappa shape index (κ3) is 6.34. The highest BCUT2D eigenvalue weighted by Gasteiger charge is 2.15. The molecule has 2 N–H and O–H groups in total. The van der Waals surface area contributed by atoms with E-state index in [0.717, 1.165) is 31.3 Å². The van der Waals surface area contributed by atoms with Gasteiger partial charge in [0, 0.05) is 18.1 Å². The molecule has 2 rings (SSSR count). The average molecular weight is 392 g/mol. The van der Waals surface area contributed by atoms with Crippen LogP contribution in [0.4, 0.5) is 10.1 Å². The highest BCUT2D eigenvalue weighted by Crippen LogP contribution is 2.18. The number of carbonyl (C=O) groups is 2. The van der Waals surface area contributed by atoms with Gasteiger partial charge >= 0.3 is 11.8 Å². The number of nitrogens with one attached hydrogen (secondary N) is 2. The maximum absolute atomic E-state index is 13.7. The first kappa shape index (κ1) is 20.9. The SMILES string of the molecule is CCN(CC)Cc1ccc(CNC(=O)C(=O)Nc2ccc(Cl)cc2F)cc1. The topological polar surface area (TPSA) is 61.4 Å². The lowest BCUT2D eigenvalue weighted by atomic mass is 10.1. The molecule has 0 saturated heterocycles. The first-order valence-electron chi connectivity index (χ1n) is 8.77. The summed E-state index contributed by atoms with van der Waals surface area (Å²) in [6.45, 7) is 7.29. The van der Waals surface area contributed by atoms with Crippen molar-refractivity contribution in [3.63, 3.8) is 0 Å². The quantitative estimate of drug-likeness (QED) is 0.709. The van der Waals surface area contributed by atoms with Gasteiger partial charge in [-0.05, 0) is 42.4 Å². The van der Waals surface area contributed by atoms with Crippen LogP contribution < -0.4 is 10.6 Å². The second kappa shape index (κ2) is 10.0. The predicted molar refractivity (Wildman–Crippen MR) is 105 cm³/mol. The Labute approximate surface area is 163 Å². The van der Waals surface area contributed by atoms with Crippen molar-refractivity contribution in [3.05, 3.63) is 64.4 Å². The van der Waals surface area contributed by atoms with Gasteiger partial charge in [0.1, 0.15) is 5.82 Å². The molecule has 0 unspecified atom stereocenters. The van der Waals surface area contributed by atoms with Gasteiger partial charge in [-0.1, -0.05) is 49.7 Å². The maximum Gasteiger partial charge on any atom is 0.313 e. The number of amides is 2. The van der Waals surface area contributed by atoms with Gasteiger partial charge < -0.3 is 10.6 Å². The van der Waals surface area contributed by atoms with Crippen LogP contribution in [0.25, 0.3) is 0 Å². The van der Waals surface area contributed by atoms with Crippen molar-refractivity contribution in [3.8, 4) is 0 Å². The largest absolute Gasteiger partial charge is 0.344 e. The fraction of sp³-hybridized carbons (Fsp3) is 0.300. The average Bonchev–Trinajstić information content (AvgIpc) is 2.67. The van der Waals surface area contributed by atoms with E-state index in [1.54, 1.807) is 0 Å². The summed E-state index contributed by atoms with van der Waals surface area (Å²) in [6.07, 6.45) is 0. The smallest absolute Gasteiger partial charge is 0.313 e. The Morgan fingerprint density at radius 3 is 2.22 bits per heavy atom. The maximum atomic E-state index is 13.7. The van der Waals surface area contributed by atoms with E-state index in [4.69, 9.17) is 11.6 Å². The van der Waals surface area contributed by atoms with Crippen LogP contribution in [0.3, 0.4) is 0 Å². The number of hydrogen-bond donors (Lipinski definition) is 2. The minimum Gasteiger partial charge on any atom is -0.344 e. The molecule has 27 heavy (non-hydrogen) atoms. The molecule has 0 radical (unpaired) electrons. The molecule has 0 bridgehead atoms. The highest BCUT2D eigenvalue weighted by molar-refractivity contribution is 6.39. The van der Waals surface area contributed by atoms with E-state index in [1.807, 2.05) is 24.3 Å². The lowest BCUT2D eigenvalue weighted by Crippen LogP contribution is -2.35. The summed E-state index contributed by atoms with van der Waals surface area (Å²) in [6, 6.07) is 11.6. The zero-order chi connectivity index (χ0) is 19.8. The normalized spacial score (nSPS) is 10.7. The molecule has 0 fully saturated rings. The first-order valence-corrected chi connectivity index (χ1v) is 9.15. The monoisotopic (exact) mass is 391 g/mol. The van der Waals surface area contributed by atoms with Gasteiger partial charge in [0.15, 0.2) is 0 Å². The van der Waals surface area contributed by atoms with Crippen LogP contribution in [0.5, 0.6) is 0 Å². The lowest BCUT2D eigenvalue weighted by molar-refractivity contribution is -0.136. The second-order valence-electron chi connectivity index (χ2n) is 6.04. The Bertz CT molecular complexity index is 792. The second-order valence-corrected chi connectivity index (χ2v) is 6.48. The molecular formula is C20H23ClFN3O2. The van der Waals surface area contributed by atoms with E-state index < -0.39 is 17.6 Å². The molecule has 144 valence electrons.